The van der Waals surface area contributed by atoms with Crippen molar-refractivity contribution in [1.29, 1.82) is 0 Å². The average molecular weight is 751 g/mol. The van der Waals surface area contributed by atoms with Gasteiger partial charge >= 0.3 is 24.3 Å². The SMILES string of the molecule is CC(C)(C)OC(=O)NC(=Nc1ccc(C(=O)Oc2ccc(CCC(=O)NCc3ccc(C(C)(C)C)cc3)c(Cl)c2)cc1)NC(=O)OC(C)(C)C.O=C=O. The van der Waals surface area contributed by atoms with E-state index in [1.54, 1.807) is 53.7 Å². The molecule has 3 rings (SSSR count). The number of amides is 3. The lowest BCUT2D eigenvalue weighted by atomic mass is 9.87. The van der Waals surface area contributed by atoms with Crippen LogP contribution in [-0.2, 0) is 42.2 Å². The maximum Gasteiger partial charge on any atom is 0.414 e. The van der Waals surface area contributed by atoms with Crippen molar-refractivity contribution in [3.8, 4) is 5.75 Å². The van der Waals surface area contributed by atoms with Crippen molar-refractivity contribution in [2.45, 2.75) is 98.3 Å². The molecule has 53 heavy (non-hydrogen) atoms. The van der Waals surface area contributed by atoms with E-state index in [4.69, 9.17) is 35.4 Å². The van der Waals surface area contributed by atoms with Crippen molar-refractivity contribution >= 4 is 53.5 Å². The molecule has 0 saturated carbocycles. The van der Waals surface area contributed by atoms with Gasteiger partial charge in [0, 0.05) is 18.0 Å². The van der Waals surface area contributed by atoms with Crippen LogP contribution in [0.4, 0.5) is 15.3 Å². The third-order valence-corrected chi connectivity index (χ3v) is 7.10. The Balaban J connectivity index is 0.00000313. The summed E-state index contributed by atoms with van der Waals surface area (Å²) in [6.45, 7) is 17.1. The Morgan fingerprint density at radius 1 is 0.755 bits per heavy atom. The van der Waals surface area contributed by atoms with Crippen LogP contribution in [0.5, 0.6) is 5.75 Å². The minimum atomic E-state index is -0.835. The molecule has 0 aliphatic heterocycles. The lowest BCUT2D eigenvalue weighted by molar-refractivity contribution is -0.191. The van der Waals surface area contributed by atoms with Crippen molar-refractivity contribution in [3.05, 3.63) is 94.0 Å². The second kappa shape index (κ2) is 19.4. The number of aliphatic imine (C=N–C) groups is 1. The predicted octanol–water partition coefficient (Wildman–Crippen LogP) is 7.56. The molecule has 3 N–H and O–H groups in total. The van der Waals surface area contributed by atoms with Crippen molar-refractivity contribution < 1.29 is 43.0 Å². The Kier molecular flexibility index (Phi) is 15.9. The second-order valence-corrected chi connectivity index (χ2v) is 15.1. The van der Waals surface area contributed by atoms with Gasteiger partial charge in [-0.1, -0.05) is 62.7 Å². The summed E-state index contributed by atoms with van der Waals surface area (Å²) < 4.78 is 16.0. The van der Waals surface area contributed by atoms with Crippen LogP contribution in [0.2, 0.25) is 5.02 Å². The maximum atomic E-state index is 12.9. The lowest BCUT2D eigenvalue weighted by Crippen LogP contribution is -2.47. The highest BCUT2D eigenvalue weighted by molar-refractivity contribution is 6.31. The van der Waals surface area contributed by atoms with Gasteiger partial charge in [0.2, 0.25) is 11.9 Å². The van der Waals surface area contributed by atoms with Crippen LogP contribution in [0, 0.1) is 0 Å². The Labute approximate surface area is 314 Å². The quantitative estimate of drug-likeness (QED) is 0.0907. The molecule has 0 heterocycles. The highest BCUT2D eigenvalue weighted by atomic mass is 35.5. The van der Waals surface area contributed by atoms with Crippen LogP contribution < -0.4 is 20.7 Å². The minimum absolute atomic E-state index is 0.0657. The summed E-state index contributed by atoms with van der Waals surface area (Å²) >= 11 is 6.46. The lowest BCUT2D eigenvalue weighted by Gasteiger charge is -2.22. The fourth-order valence-corrected chi connectivity index (χ4v) is 4.57. The summed E-state index contributed by atoms with van der Waals surface area (Å²) in [7, 11) is 0. The number of aryl methyl sites for hydroxylation is 1. The van der Waals surface area contributed by atoms with Crippen LogP contribution in [0.3, 0.4) is 0 Å². The fourth-order valence-electron chi connectivity index (χ4n) is 4.31. The van der Waals surface area contributed by atoms with E-state index in [0.717, 1.165) is 11.1 Å². The number of carbonyl (C=O) groups is 4. The number of alkyl carbamates (subject to hydrolysis) is 2. The molecule has 14 heteroatoms. The zero-order valence-corrected chi connectivity index (χ0v) is 32.2. The highest BCUT2D eigenvalue weighted by Gasteiger charge is 2.22. The first-order valence-corrected chi connectivity index (χ1v) is 17.0. The molecule has 0 saturated heterocycles. The molecule has 0 aliphatic carbocycles. The zero-order valence-electron chi connectivity index (χ0n) is 31.5. The van der Waals surface area contributed by atoms with Crippen molar-refractivity contribution in [3.63, 3.8) is 0 Å². The van der Waals surface area contributed by atoms with Crippen molar-refractivity contribution in [2.24, 2.45) is 4.99 Å². The van der Waals surface area contributed by atoms with Crippen LogP contribution >= 0.6 is 11.6 Å². The van der Waals surface area contributed by atoms with E-state index in [-0.39, 0.29) is 41.2 Å². The maximum absolute atomic E-state index is 12.9. The smallest absolute Gasteiger partial charge is 0.414 e. The van der Waals surface area contributed by atoms with E-state index in [2.05, 4.69) is 53.8 Å². The number of esters is 1. The van der Waals surface area contributed by atoms with Gasteiger partial charge in [-0.25, -0.2) is 19.4 Å². The molecule has 13 nitrogen and oxygen atoms in total. The summed E-state index contributed by atoms with van der Waals surface area (Å²) in [4.78, 5) is 70.6. The zero-order chi connectivity index (χ0) is 40.0. The van der Waals surface area contributed by atoms with Gasteiger partial charge in [-0.2, -0.15) is 9.59 Å². The van der Waals surface area contributed by atoms with Gasteiger partial charge in [0.25, 0.3) is 0 Å². The number of halogens is 1. The van der Waals surface area contributed by atoms with Gasteiger partial charge in [-0.3, -0.25) is 15.4 Å². The van der Waals surface area contributed by atoms with Crippen molar-refractivity contribution in [2.75, 3.05) is 0 Å². The first-order valence-electron chi connectivity index (χ1n) is 16.6. The number of rotatable bonds is 8. The molecule has 0 bridgehead atoms. The van der Waals surface area contributed by atoms with E-state index in [9.17, 15) is 19.2 Å². The molecule has 0 radical (unpaired) electrons. The summed E-state index contributed by atoms with van der Waals surface area (Å²) in [6, 6.07) is 19.0. The monoisotopic (exact) mass is 750 g/mol. The van der Waals surface area contributed by atoms with Gasteiger partial charge < -0.3 is 19.5 Å². The van der Waals surface area contributed by atoms with E-state index in [1.807, 2.05) is 12.1 Å². The third kappa shape index (κ3) is 17.0. The first-order chi connectivity index (χ1) is 24.6. The van der Waals surface area contributed by atoms with Gasteiger partial charge in [-0.15, -0.1) is 0 Å². The van der Waals surface area contributed by atoms with Gasteiger partial charge in [0.1, 0.15) is 17.0 Å². The number of benzene rings is 3. The number of hydrogen-bond donors (Lipinski definition) is 3. The van der Waals surface area contributed by atoms with Crippen LogP contribution in [-0.4, -0.2) is 47.4 Å². The molecule has 0 spiro atoms. The third-order valence-electron chi connectivity index (χ3n) is 6.75. The van der Waals surface area contributed by atoms with Crippen LogP contribution in [0.1, 0.15) is 95.8 Å². The summed E-state index contributed by atoms with van der Waals surface area (Å²) in [5, 5.41) is 8.12. The summed E-state index contributed by atoms with van der Waals surface area (Å²) in [5.41, 5.74) is 2.01. The molecular weight excluding hydrogens is 704 g/mol. The Morgan fingerprint density at radius 2 is 1.28 bits per heavy atom. The van der Waals surface area contributed by atoms with E-state index in [0.29, 0.717) is 23.7 Å². The number of carbonyl (C=O) groups excluding carboxylic acids is 6. The Hall–Kier alpha value is -5.52. The predicted molar refractivity (Wildman–Crippen MR) is 199 cm³/mol. The van der Waals surface area contributed by atoms with Gasteiger partial charge in [-0.05, 0) is 106 Å². The standard InChI is InChI=1S/C38H47ClN4O7.CO2/c1-36(2,3)27-16-10-24(11-17-27)23-40-31(44)21-15-25-14-20-29(22-30(25)39)48-32(45)26-12-18-28(19-13-26)41-33(42-34(46)49-37(4,5)6)43-35(47)50-38(7,8)9;2-1-3/h10-14,16-20,22H,15,21,23H2,1-9H3,(H,40,44)(H2,41,42,43,46,47);. The molecule has 0 aliphatic rings. The second-order valence-electron chi connectivity index (χ2n) is 14.7. The normalized spacial score (nSPS) is 11.1. The average Bonchev–Trinajstić information content (AvgIpc) is 3.02. The Bertz CT molecular complexity index is 1760. The van der Waals surface area contributed by atoms with E-state index in [1.165, 1.54) is 35.9 Å². The first kappa shape index (κ1) is 43.6. The number of hydrogen-bond acceptors (Lipinski definition) is 10. The minimum Gasteiger partial charge on any atom is -0.444 e. The molecule has 0 fully saturated rings. The number of nitrogens with zero attached hydrogens (tertiary/aromatic N) is 1. The molecule has 284 valence electrons. The molecule has 0 atom stereocenters. The number of ether oxygens (including phenoxy) is 3. The van der Waals surface area contributed by atoms with E-state index >= 15 is 0 Å². The molecule has 3 aromatic rings. The van der Waals surface area contributed by atoms with Crippen molar-refractivity contribution in [1.82, 2.24) is 16.0 Å². The van der Waals surface area contributed by atoms with E-state index < -0.39 is 29.4 Å². The summed E-state index contributed by atoms with van der Waals surface area (Å²) in [5.74, 6) is -0.739. The van der Waals surface area contributed by atoms with Crippen LogP contribution in [0.25, 0.3) is 0 Å². The van der Waals surface area contributed by atoms with Crippen LogP contribution in [0.15, 0.2) is 71.7 Å². The Morgan fingerprint density at radius 3 is 1.75 bits per heavy atom. The largest absolute Gasteiger partial charge is 0.444 e. The van der Waals surface area contributed by atoms with Gasteiger partial charge in [0.05, 0.1) is 11.3 Å². The molecular formula is C39H47ClN4O9. The fraction of sp³-hybridized carbons (Fsp3) is 0.385. The molecule has 0 aromatic heterocycles. The molecule has 3 amide bonds. The molecule has 0 unspecified atom stereocenters. The highest BCUT2D eigenvalue weighted by Crippen LogP contribution is 2.25. The number of guanidine groups is 1. The van der Waals surface area contributed by atoms with Gasteiger partial charge in [0.15, 0.2) is 0 Å². The molecule has 3 aromatic carbocycles. The topological polar surface area (TPSA) is 179 Å². The summed E-state index contributed by atoms with van der Waals surface area (Å²) in [6.07, 6.45) is -0.760. The number of nitrogens with one attached hydrogen (secondary N) is 3.